The zero-order chi connectivity index (χ0) is 17.0. The minimum Gasteiger partial charge on any atom is -0.486 e. The summed E-state index contributed by atoms with van der Waals surface area (Å²) < 4.78 is 6.20. The maximum atomic E-state index is 6.20. The van der Waals surface area contributed by atoms with Gasteiger partial charge in [-0.05, 0) is 81.0 Å². The number of benzene rings is 1. The predicted octanol–water partition coefficient (Wildman–Crippen LogP) is 6.28. The molecule has 0 heterocycles. The van der Waals surface area contributed by atoms with Crippen LogP contribution in [0, 0.1) is 20.8 Å². The van der Waals surface area contributed by atoms with Crippen LogP contribution in [-0.4, -0.2) is 0 Å². The van der Waals surface area contributed by atoms with E-state index in [0.717, 1.165) is 22.5 Å². The fraction of sp³-hybridized carbons (Fsp3) is 0.333. The van der Waals surface area contributed by atoms with E-state index in [1.807, 2.05) is 19.9 Å². The second-order valence-corrected chi connectivity index (χ2v) is 6.09. The highest BCUT2D eigenvalue weighted by molar-refractivity contribution is 5.42. The molecule has 0 spiro atoms. The topological polar surface area (TPSA) is 9.23 Å². The molecule has 1 aromatic carbocycles. The third-order valence-electron chi connectivity index (χ3n) is 3.99. The van der Waals surface area contributed by atoms with Crippen molar-refractivity contribution >= 4 is 0 Å². The monoisotopic (exact) mass is 296 g/mol. The fourth-order valence-electron chi connectivity index (χ4n) is 2.39. The van der Waals surface area contributed by atoms with Crippen LogP contribution in [0.5, 0.6) is 0 Å². The number of ether oxygens (including phenoxy) is 1. The van der Waals surface area contributed by atoms with Crippen LogP contribution in [0.2, 0.25) is 0 Å². The highest BCUT2D eigenvalue weighted by atomic mass is 16.5. The average Bonchev–Trinajstić information content (AvgIpc) is 2.42. The molecule has 0 saturated heterocycles. The number of aryl methyl sites for hydroxylation is 2. The third kappa shape index (κ3) is 4.24. The third-order valence-corrected chi connectivity index (χ3v) is 3.99. The Hall–Kier alpha value is -2.02. The lowest BCUT2D eigenvalue weighted by Gasteiger charge is -2.22. The van der Waals surface area contributed by atoms with Crippen LogP contribution in [0.3, 0.4) is 0 Å². The van der Waals surface area contributed by atoms with Gasteiger partial charge in [0.15, 0.2) is 0 Å². The summed E-state index contributed by atoms with van der Waals surface area (Å²) in [6, 6.07) is 4.30. The van der Waals surface area contributed by atoms with E-state index >= 15 is 0 Å². The fourth-order valence-corrected chi connectivity index (χ4v) is 2.39. The smallest absolute Gasteiger partial charge is 0.123 e. The molecule has 1 aromatic rings. The molecule has 1 unspecified atom stereocenters. The molecule has 0 amide bonds. The van der Waals surface area contributed by atoms with Gasteiger partial charge in [-0.15, -0.1) is 0 Å². The van der Waals surface area contributed by atoms with Gasteiger partial charge in [-0.2, -0.15) is 0 Å². The van der Waals surface area contributed by atoms with E-state index in [4.69, 9.17) is 4.74 Å². The van der Waals surface area contributed by atoms with Gasteiger partial charge in [0, 0.05) is 0 Å². The van der Waals surface area contributed by atoms with Gasteiger partial charge in [0.2, 0.25) is 0 Å². The molecule has 0 aromatic heterocycles. The summed E-state index contributed by atoms with van der Waals surface area (Å²) in [6.45, 7) is 24.3. The maximum absolute atomic E-state index is 6.20. The van der Waals surface area contributed by atoms with Crippen LogP contribution in [0.1, 0.15) is 49.1 Å². The molecule has 0 aliphatic heterocycles. The van der Waals surface area contributed by atoms with Gasteiger partial charge < -0.3 is 4.74 Å². The summed E-state index contributed by atoms with van der Waals surface area (Å²) >= 11 is 0. The lowest BCUT2D eigenvalue weighted by Crippen LogP contribution is -2.06. The molecule has 22 heavy (non-hydrogen) atoms. The first-order valence-electron chi connectivity index (χ1n) is 7.60. The highest BCUT2D eigenvalue weighted by Gasteiger charge is 2.16. The Morgan fingerprint density at radius 1 is 1.00 bits per heavy atom. The summed E-state index contributed by atoms with van der Waals surface area (Å²) in [4.78, 5) is 0. The Morgan fingerprint density at radius 3 is 2.05 bits per heavy atom. The van der Waals surface area contributed by atoms with Crippen LogP contribution in [-0.2, 0) is 4.74 Å². The molecule has 1 atom stereocenters. The van der Waals surface area contributed by atoms with Gasteiger partial charge in [0.25, 0.3) is 0 Å². The molecular weight excluding hydrogens is 268 g/mol. The Balaban J connectivity index is 3.16. The van der Waals surface area contributed by atoms with Crippen LogP contribution in [0.15, 0.2) is 60.4 Å². The zero-order valence-corrected chi connectivity index (χ0v) is 14.8. The van der Waals surface area contributed by atoms with E-state index in [-0.39, 0.29) is 6.10 Å². The number of hydrogen-bond donors (Lipinski definition) is 0. The first kappa shape index (κ1) is 18.0. The van der Waals surface area contributed by atoms with Crippen molar-refractivity contribution < 1.29 is 4.74 Å². The molecule has 118 valence electrons. The quantitative estimate of drug-likeness (QED) is 0.443. The van der Waals surface area contributed by atoms with Crippen LogP contribution in [0.25, 0.3) is 0 Å². The van der Waals surface area contributed by atoms with Crippen molar-refractivity contribution in [1.82, 2.24) is 0 Å². The molecule has 1 heteroatoms. The Bertz CT molecular complexity index is 644. The van der Waals surface area contributed by atoms with Gasteiger partial charge in [-0.25, -0.2) is 0 Å². The van der Waals surface area contributed by atoms with Crippen LogP contribution < -0.4 is 0 Å². The van der Waals surface area contributed by atoms with Crippen LogP contribution >= 0.6 is 0 Å². The van der Waals surface area contributed by atoms with Crippen LogP contribution in [0.4, 0.5) is 0 Å². The second kappa shape index (κ2) is 7.31. The Kier molecular flexibility index (Phi) is 5.99. The standard InChI is InChI=1S/C21H28O/c1-13(2)17(7)12-20(14(3)4)22-19(9)21-16(6)11-10-15(5)18(21)8/h10-12,19H,1,3,7H2,2,4-6,8-9H3/b20-12+. The molecule has 0 fully saturated rings. The summed E-state index contributed by atoms with van der Waals surface area (Å²) in [7, 11) is 0. The number of rotatable bonds is 6. The Labute approximate surface area is 135 Å². The van der Waals surface area contributed by atoms with Gasteiger partial charge in [0.1, 0.15) is 11.9 Å². The first-order chi connectivity index (χ1) is 10.1. The summed E-state index contributed by atoms with van der Waals surface area (Å²) in [5.41, 5.74) is 7.73. The molecular formula is C21H28O. The second-order valence-electron chi connectivity index (χ2n) is 6.09. The molecule has 0 aliphatic rings. The lowest BCUT2D eigenvalue weighted by molar-refractivity contribution is 0.138. The number of allylic oxidation sites excluding steroid dienone is 4. The minimum absolute atomic E-state index is 0.0410. The van der Waals surface area contributed by atoms with Crippen molar-refractivity contribution in [3.05, 3.63) is 82.7 Å². The Morgan fingerprint density at radius 2 is 1.55 bits per heavy atom. The minimum atomic E-state index is -0.0410. The van der Waals surface area contributed by atoms with Crippen molar-refractivity contribution in [3.8, 4) is 0 Å². The van der Waals surface area contributed by atoms with E-state index in [0.29, 0.717) is 0 Å². The maximum Gasteiger partial charge on any atom is 0.123 e. The lowest BCUT2D eigenvalue weighted by atomic mass is 9.95. The predicted molar refractivity (Wildman–Crippen MR) is 97.0 cm³/mol. The molecule has 0 radical (unpaired) electrons. The summed E-state index contributed by atoms with van der Waals surface area (Å²) in [5, 5.41) is 0. The molecule has 0 bridgehead atoms. The highest BCUT2D eigenvalue weighted by Crippen LogP contribution is 2.30. The van der Waals surface area contributed by atoms with Gasteiger partial charge in [-0.3, -0.25) is 0 Å². The van der Waals surface area contributed by atoms with E-state index in [2.05, 4.69) is 59.6 Å². The van der Waals surface area contributed by atoms with E-state index in [9.17, 15) is 0 Å². The largest absolute Gasteiger partial charge is 0.486 e. The van der Waals surface area contributed by atoms with Gasteiger partial charge in [0.05, 0.1) is 0 Å². The molecule has 0 aliphatic carbocycles. The van der Waals surface area contributed by atoms with Crippen molar-refractivity contribution in [2.75, 3.05) is 0 Å². The molecule has 1 rings (SSSR count). The average molecular weight is 296 g/mol. The summed E-state index contributed by atoms with van der Waals surface area (Å²) in [5.74, 6) is 0.765. The van der Waals surface area contributed by atoms with Crippen molar-refractivity contribution in [3.63, 3.8) is 0 Å². The summed E-state index contributed by atoms with van der Waals surface area (Å²) in [6.07, 6.45) is 1.88. The molecule has 1 nitrogen and oxygen atoms in total. The first-order valence-corrected chi connectivity index (χ1v) is 7.60. The number of hydrogen-bond acceptors (Lipinski definition) is 1. The molecule has 0 saturated carbocycles. The SMILES string of the molecule is C=C(C)C(=C)/C=C(/OC(C)c1c(C)ccc(C)c1C)C(=C)C. The van der Waals surface area contributed by atoms with Crippen molar-refractivity contribution in [1.29, 1.82) is 0 Å². The van der Waals surface area contributed by atoms with Gasteiger partial charge >= 0.3 is 0 Å². The van der Waals surface area contributed by atoms with Crippen molar-refractivity contribution in [2.45, 2.75) is 47.6 Å². The van der Waals surface area contributed by atoms with E-state index in [1.54, 1.807) is 0 Å². The van der Waals surface area contributed by atoms with Gasteiger partial charge in [-0.1, -0.05) is 37.4 Å². The van der Waals surface area contributed by atoms with E-state index < -0.39 is 0 Å². The normalized spacial score (nSPS) is 12.7. The zero-order valence-electron chi connectivity index (χ0n) is 14.8. The molecule has 0 N–H and O–H groups in total. The van der Waals surface area contributed by atoms with E-state index in [1.165, 1.54) is 22.3 Å². The van der Waals surface area contributed by atoms with Crippen molar-refractivity contribution in [2.24, 2.45) is 0 Å².